The number of rotatable bonds is 53. The molecule has 1 saturated heterocycles. The lowest BCUT2D eigenvalue weighted by Gasteiger charge is -2.40. The summed E-state index contributed by atoms with van der Waals surface area (Å²) in [4.78, 5) is 25.0. The molecule has 0 radical (unpaired) electrons. The molecule has 1 heterocycles. The highest BCUT2D eigenvalue weighted by Gasteiger charge is 2.44. The van der Waals surface area contributed by atoms with E-state index in [-0.39, 0.29) is 18.5 Å². The number of carbonyl (C=O) groups excluding carboxylic acids is 2. The van der Waals surface area contributed by atoms with Crippen LogP contribution in [-0.4, -0.2) is 100 Å². The van der Waals surface area contributed by atoms with E-state index in [9.17, 15) is 35.1 Å². The van der Waals surface area contributed by atoms with E-state index in [2.05, 4.69) is 43.5 Å². The first-order valence-corrected chi connectivity index (χ1v) is 30.8. The second kappa shape index (κ2) is 52.0. The van der Waals surface area contributed by atoms with Crippen LogP contribution < -0.4 is 5.32 Å². The van der Waals surface area contributed by atoms with E-state index < -0.39 is 49.5 Å². The van der Waals surface area contributed by atoms with Crippen LogP contribution in [0.1, 0.15) is 284 Å². The molecule has 7 atom stereocenters. The van der Waals surface area contributed by atoms with Gasteiger partial charge in [0.2, 0.25) is 5.91 Å². The minimum atomic E-state index is -1.58. The van der Waals surface area contributed by atoms with Crippen molar-refractivity contribution in [3.63, 3.8) is 0 Å². The molecular formula is C62H115NO10. The zero-order chi connectivity index (χ0) is 53.1. The van der Waals surface area contributed by atoms with Crippen LogP contribution in [0, 0.1) is 0 Å². The predicted molar refractivity (Wildman–Crippen MR) is 301 cm³/mol. The fourth-order valence-corrected chi connectivity index (χ4v) is 9.56. The summed E-state index contributed by atoms with van der Waals surface area (Å²) in [5, 5.41) is 54.1. The van der Waals surface area contributed by atoms with Gasteiger partial charge in [0.05, 0.1) is 32.0 Å². The lowest BCUT2D eigenvalue weighted by atomic mass is 9.99. The van der Waals surface area contributed by atoms with Gasteiger partial charge in [-0.25, -0.2) is 0 Å². The highest BCUT2D eigenvalue weighted by molar-refractivity contribution is 5.76. The Morgan fingerprint density at radius 1 is 0.493 bits per heavy atom. The average Bonchev–Trinajstić information content (AvgIpc) is 3.39. The minimum absolute atomic E-state index is 0.00140. The molecule has 0 spiro atoms. The van der Waals surface area contributed by atoms with Crippen LogP contribution in [0.15, 0.2) is 36.5 Å². The van der Waals surface area contributed by atoms with Crippen LogP contribution >= 0.6 is 0 Å². The Bertz CT molecular complexity index is 1310. The van der Waals surface area contributed by atoms with E-state index in [1.807, 2.05) is 6.08 Å². The number of allylic oxidation sites excluding steroid dienone is 5. The highest BCUT2D eigenvalue weighted by Crippen LogP contribution is 2.23. The maximum absolute atomic E-state index is 13.0. The van der Waals surface area contributed by atoms with Crippen molar-refractivity contribution in [3.05, 3.63) is 36.5 Å². The third kappa shape index (κ3) is 41.7. The third-order valence-corrected chi connectivity index (χ3v) is 14.5. The molecule has 7 unspecified atom stereocenters. The predicted octanol–water partition coefficient (Wildman–Crippen LogP) is 14.3. The Labute approximate surface area is 447 Å². The Balaban J connectivity index is 2.00. The van der Waals surface area contributed by atoms with Gasteiger partial charge in [-0.2, -0.15) is 0 Å². The molecule has 0 aliphatic carbocycles. The first kappa shape index (κ1) is 68.9. The van der Waals surface area contributed by atoms with E-state index in [1.165, 1.54) is 186 Å². The van der Waals surface area contributed by atoms with Crippen molar-refractivity contribution in [2.24, 2.45) is 0 Å². The van der Waals surface area contributed by atoms with Gasteiger partial charge in [0.15, 0.2) is 6.29 Å². The van der Waals surface area contributed by atoms with Gasteiger partial charge < -0.3 is 45.1 Å². The molecule has 0 aromatic heterocycles. The van der Waals surface area contributed by atoms with E-state index in [1.54, 1.807) is 6.08 Å². The number of hydrogen-bond acceptors (Lipinski definition) is 10. The van der Waals surface area contributed by atoms with Crippen molar-refractivity contribution < 1.29 is 49.3 Å². The van der Waals surface area contributed by atoms with Crippen LogP contribution in [-0.2, 0) is 23.8 Å². The number of unbranched alkanes of at least 4 members (excludes halogenated alkanes) is 35. The molecule has 0 saturated carbocycles. The third-order valence-electron chi connectivity index (χ3n) is 14.5. The van der Waals surface area contributed by atoms with E-state index in [0.29, 0.717) is 19.4 Å². The molecule has 1 fully saturated rings. The molecule has 6 N–H and O–H groups in total. The number of aliphatic hydroxyl groups is 5. The van der Waals surface area contributed by atoms with Gasteiger partial charge in [-0.15, -0.1) is 0 Å². The fourth-order valence-electron chi connectivity index (χ4n) is 9.56. The quantitative estimate of drug-likeness (QED) is 0.0195. The van der Waals surface area contributed by atoms with Gasteiger partial charge in [-0.3, -0.25) is 9.59 Å². The van der Waals surface area contributed by atoms with Crippen molar-refractivity contribution in [3.8, 4) is 0 Å². The zero-order valence-corrected chi connectivity index (χ0v) is 47.1. The maximum Gasteiger partial charge on any atom is 0.305 e. The summed E-state index contributed by atoms with van der Waals surface area (Å²) in [6.45, 7) is 4.28. The minimum Gasteiger partial charge on any atom is -0.466 e. The maximum atomic E-state index is 13.0. The number of aliphatic hydroxyl groups excluding tert-OH is 5. The van der Waals surface area contributed by atoms with Crippen molar-refractivity contribution in [1.82, 2.24) is 5.32 Å². The molecule has 428 valence electrons. The second-order valence-corrected chi connectivity index (χ2v) is 21.4. The summed E-state index contributed by atoms with van der Waals surface area (Å²) >= 11 is 0. The molecule has 0 aromatic carbocycles. The fraction of sp³-hybridized carbons (Fsp3) is 0.871. The summed E-state index contributed by atoms with van der Waals surface area (Å²) in [6.07, 6.45) is 54.1. The number of hydrogen-bond donors (Lipinski definition) is 6. The van der Waals surface area contributed by atoms with Crippen LogP contribution in [0.5, 0.6) is 0 Å². The van der Waals surface area contributed by atoms with Crippen molar-refractivity contribution >= 4 is 11.9 Å². The SMILES string of the molecule is CCCCC/C=C/CC/C=C/C(O)C(COC1OC(CO)C(O)C(O)C1O)NC(=O)CCCCCCCCCC/C=C\CCCCCCCCCCCCCCOC(=O)CCCCCCCCCCCCCC. The molecule has 11 nitrogen and oxygen atoms in total. The largest absolute Gasteiger partial charge is 0.466 e. The zero-order valence-electron chi connectivity index (χ0n) is 47.1. The number of carbonyl (C=O) groups is 2. The number of amides is 1. The summed E-state index contributed by atoms with van der Waals surface area (Å²) in [6, 6.07) is -0.829. The molecule has 0 bridgehead atoms. The van der Waals surface area contributed by atoms with Crippen LogP contribution in [0.3, 0.4) is 0 Å². The number of ether oxygens (including phenoxy) is 3. The standard InChI is InChI=1S/C62H115NO10/c1-3-5-7-9-11-13-14-30-34-38-42-46-50-58(67)71-51-47-43-39-35-31-28-26-24-22-20-18-16-15-17-19-21-23-25-27-29-33-37-41-45-49-57(66)63-54(55(65)48-44-40-36-32-12-10-8-6-4-2)53-72-62-61(70)60(69)59(68)56(52-64)73-62/h12,17,19,32,44,48,54-56,59-62,64-65,68-70H,3-11,13-16,18,20-31,33-43,45-47,49-53H2,1-2H3,(H,63,66)/b19-17-,32-12+,48-44+. The van der Waals surface area contributed by atoms with Gasteiger partial charge in [0, 0.05) is 12.8 Å². The first-order chi connectivity index (χ1) is 35.7. The van der Waals surface area contributed by atoms with E-state index in [4.69, 9.17) is 14.2 Å². The molecule has 11 heteroatoms. The van der Waals surface area contributed by atoms with Gasteiger partial charge in [0.1, 0.15) is 24.4 Å². The molecule has 1 aliphatic rings. The van der Waals surface area contributed by atoms with Gasteiger partial charge in [-0.1, -0.05) is 237 Å². The molecular weight excluding hydrogens is 919 g/mol. The molecule has 1 rings (SSSR count). The monoisotopic (exact) mass is 1030 g/mol. The number of nitrogens with one attached hydrogen (secondary N) is 1. The van der Waals surface area contributed by atoms with E-state index in [0.717, 1.165) is 70.6 Å². The van der Waals surface area contributed by atoms with Crippen molar-refractivity contribution in [2.45, 2.75) is 326 Å². The van der Waals surface area contributed by atoms with Crippen LogP contribution in [0.2, 0.25) is 0 Å². The Morgan fingerprint density at radius 2 is 0.890 bits per heavy atom. The highest BCUT2D eigenvalue weighted by atomic mass is 16.7. The first-order valence-electron chi connectivity index (χ1n) is 30.8. The summed E-state index contributed by atoms with van der Waals surface area (Å²) < 4.78 is 16.7. The Hall–Kier alpha value is -2.12. The normalized spacial score (nSPS) is 19.1. The Kier molecular flexibility index (Phi) is 49.0. The van der Waals surface area contributed by atoms with Crippen LogP contribution in [0.4, 0.5) is 0 Å². The van der Waals surface area contributed by atoms with Gasteiger partial charge in [-0.05, 0) is 70.6 Å². The molecule has 1 aliphatic heterocycles. The number of esters is 1. The van der Waals surface area contributed by atoms with Gasteiger partial charge in [0.25, 0.3) is 0 Å². The average molecular weight is 1030 g/mol. The van der Waals surface area contributed by atoms with E-state index >= 15 is 0 Å². The second-order valence-electron chi connectivity index (χ2n) is 21.4. The summed E-state index contributed by atoms with van der Waals surface area (Å²) in [7, 11) is 0. The van der Waals surface area contributed by atoms with Crippen molar-refractivity contribution in [1.29, 1.82) is 0 Å². The molecule has 1 amide bonds. The summed E-state index contributed by atoms with van der Waals surface area (Å²) in [5.74, 6) is -0.197. The van der Waals surface area contributed by atoms with Crippen LogP contribution in [0.25, 0.3) is 0 Å². The van der Waals surface area contributed by atoms with Gasteiger partial charge >= 0.3 is 5.97 Å². The lowest BCUT2D eigenvalue weighted by molar-refractivity contribution is -0.302. The summed E-state index contributed by atoms with van der Waals surface area (Å²) in [5.41, 5.74) is 0. The molecule has 0 aromatic rings. The Morgan fingerprint density at radius 3 is 1.38 bits per heavy atom. The van der Waals surface area contributed by atoms with Crippen molar-refractivity contribution in [2.75, 3.05) is 19.8 Å². The lowest BCUT2D eigenvalue weighted by Crippen LogP contribution is -2.60. The topological polar surface area (TPSA) is 175 Å². The molecule has 73 heavy (non-hydrogen) atoms. The smallest absolute Gasteiger partial charge is 0.305 e.